The van der Waals surface area contributed by atoms with Crippen LogP contribution in [0.3, 0.4) is 0 Å². The number of Topliss-reactive ketones (excluding diaryl/α,β-unsaturated/α-hetero) is 1. The van der Waals surface area contributed by atoms with E-state index in [1.165, 1.54) is 0 Å². The van der Waals surface area contributed by atoms with Gasteiger partial charge in [0.15, 0.2) is 5.78 Å². The summed E-state index contributed by atoms with van der Waals surface area (Å²) in [5.41, 5.74) is 0.498. The lowest BCUT2D eigenvalue weighted by Gasteiger charge is -2.28. The van der Waals surface area contributed by atoms with Crippen molar-refractivity contribution in [2.75, 3.05) is 7.11 Å². The Morgan fingerprint density at radius 2 is 1.95 bits per heavy atom. The number of hydrogen-bond donors (Lipinski definition) is 0. The quantitative estimate of drug-likeness (QED) is 0.817. The molecule has 1 unspecified atom stereocenters. The van der Waals surface area contributed by atoms with E-state index in [0.717, 1.165) is 43.4 Å². The van der Waals surface area contributed by atoms with Crippen LogP contribution in [0.25, 0.3) is 0 Å². The molecule has 3 heteroatoms. The molecule has 0 radical (unpaired) electrons. The molecule has 1 saturated carbocycles. The van der Waals surface area contributed by atoms with Crippen LogP contribution < -0.4 is 4.74 Å². The third-order valence-corrected chi connectivity index (χ3v) is 4.60. The fourth-order valence-electron chi connectivity index (χ4n) is 3.21. The highest BCUT2D eigenvalue weighted by Crippen LogP contribution is 2.45. The van der Waals surface area contributed by atoms with Gasteiger partial charge in [-0.25, -0.2) is 0 Å². The molecule has 1 aliphatic rings. The van der Waals surface area contributed by atoms with Gasteiger partial charge in [0.25, 0.3) is 0 Å². The standard InChI is InChI=1S/C17H21NO2/c1-3-17(10-4-5-11-17)16(19)15(12-18)13-6-8-14(20-2)9-7-13/h6-9,15H,3-5,10-11H2,1-2H3. The number of ether oxygens (including phenoxy) is 1. The van der Waals surface area contributed by atoms with Gasteiger partial charge in [-0.2, -0.15) is 5.26 Å². The second kappa shape index (κ2) is 6.09. The number of ketones is 1. The predicted octanol–water partition coefficient (Wildman–Crippen LogP) is 3.84. The Balaban J connectivity index is 2.27. The SMILES string of the molecule is CCC1(C(=O)C(C#N)c2ccc(OC)cc2)CCCC1. The van der Waals surface area contributed by atoms with Crippen molar-refractivity contribution in [3.63, 3.8) is 0 Å². The van der Waals surface area contributed by atoms with Crippen molar-refractivity contribution >= 4 is 5.78 Å². The fourth-order valence-corrected chi connectivity index (χ4v) is 3.21. The molecule has 0 heterocycles. The molecule has 1 fully saturated rings. The summed E-state index contributed by atoms with van der Waals surface area (Å²) in [6.45, 7) is 2.06. The van der Waals surface area contributed by atoms with E-state index in [0.29, 0.717) is 0 Å². The van der Waals surface area contributed by atoms with Gasteiger partial charge in [-0.3, -0.25) is 4.79 Å². The molecule has 1 aromatic carbocycles. The molecular formula is C17H21NO2. The number of benzene rings is 1. The van der Waals surface area contributed by atoms with Crippen molar-refractivity contribution in [3.05, 3.63) is 29.8 Å². The van der Waals surface area contributed by atoms with E-state index in [2.05, 4.69) is 13.0 Å². The minimum atomic E-state index is -0.654. The van der Waals surface area contributed by atoms with E-state index in [1.807, 2.05) is 12.1 Å². The first-order valence-corrected chi connectivity index (χ1v) is 7.25. The topological polar surface area (TPSA) is 50.1 Å². The second-order valence-electron chi connectivity index (χ2n) is 5.54. The van der Waals surface area contributed by atoms with Gasteiger partial charge in [0.1, 0.15) is 11.7 Å². The molecule has 0 bridgehead atoms. The lowest BCUT2D eigenvalue weighted by Crippen LogP contribution is -2.31. The largest absolute Gasteiger partial charge is 0.497 e. The molecule has 20 heavy (non-hydrogen) atoms. The lowest BCUT2D eigenvalue weighted by atomic mass is 9.73. The summed E-state index contributed by atoms with van der Waals surface area (Å²) in [6, 6.07) is 9.46. The number of hydrogen-bond acceptors (Lipinski definition) is 3. The highest BCUT2D eigenvalue weighted by Gasteiger charge is 2.43. The zero-order chi connectivity index (χ0) is 14.6. The molecule has 0 aliphatic heterocycles. The molecule has 0 spiro atoms. The summed E-state index contributed by atoms with van der Waals surface area (Å²) in [5.74, 6) is 0.188. The summed E-state index contributed by atoms with van der Waals surface area (Å²) in [7, 11) is 1.60. The third kappa shape index (κ3) is 2.56. The van der Waals surface area contributed by atoms with Crippen LogP contribution in [0.1, 0.15) is 50.5 Å². The summed E-state index contributed by atoms with van der Waals surface area (Å²) in [4.78, 5) is 12.8. The first-order chi connectivity index (χ1) is 9.66. The highest BCUT2D eigenvalue weighted by molar-refractivity contribution is 5.93. The molecule has 106 valence electrons. The van der Waals surface area contributed by atoms with E-state index >= 15 is 0 Å². The van der Waals surface area contributed by atoms with Crippen molar-refractivity contribution in [1.29, 1.82) is 5.26 Å². The van der Waals surface area contributed by atoms with Crippen molar-refractivity contribution < 1.29 is 9.53 Å². The Labute approximate surface area is 120 Å². The smallest absolute Gasteiger partial charge is 0.160 e. The Hall–Kier alpha value is -1.82. The first-order valence-electron chi connectivity index (χ1n) is 7.25. The van der Waals surface area contributed by atoms with E-state index < -0.39 is 5.92 Å². The molecule has 0 amide bonds. The van der Waals surface area contributed by atoms with Crippen LogP contribution in [0.15, 0.2) is 24.3 Å². The molecule has 1 aliphatic carbocycles. The second-order valence-corrected chi connectivity index (χ2v) is 5.54. The summed E-state index contributed by atoms with van der Waals surface area (Å²) < 4.78 is 5.12. The Bertz CT molecular complexity index is 507. The molecule has 3 nitrogen and oxygen atoms in total. The van der Waals surface area contributed by atoms with Crippen LogP contribution in [0.2, 0.25) is 0 Å². The third-order valence-electron chi connectivity index (χ3n) is 4.60. The molecule has 0 saturated heterocycles. The van der Waals surface area contributed by atoms with Gasteiger partial charge in [0.2, 0.25) is 0 Å². The number of nitrogens with zero attached hydrogens (tertiary/aromatic N) is 1. The van der Waals surface area contributed by atoms with Crippen molar-refractivity contribution in [1.82, 2.24) is 0 Å². The first kappa shape index (κ1) is 14.6. The van der Waals surface area contributed by atoms with E-state index in [1.54, 1.807) is 19.2 Å². The average molecular weight is 271 g/mol. The zero-order valence-corrected chi connectivity index (χ0v) is 12.2. The maximum Gasteiger partial charge on any atom is 0.160 e. The van der Waals surface area contributed by atoms with Gasteiger partial charge in [-0.05, 0) is 37.0 Å². The van der Waals surface area contributed by atoms with Crippen molar-refractivity contribution in [2.45, 2.75) is 44.9 Å². The number of carbonyl (C=O) groups is 1. The minimum absolute atomic E-state index is 0.102. The zero-order valence-electron chi connectivity index (χ0n) is 12.2. The highest BCUT2D eigenvalue weighted by atomic mass is 16.5. The number of methoxy groups -OCH3 is 1. The predicted molar refractivity (Wildman–Crippen MR) is 77.5 cm³/mol. The summed E-state index contributed by atoms with van der Waals surface area (Å²) in [6.07, 6.45) is 4.88. The molecule has 0 aromatic heterocycles. The van der Waals surface area contributed by atoms with E-state index in [-0.39, 0.29) is 11.2 Å². The van der Waals surface area contributed by atoms with Crippen molar-refractivity contribution in [3.8, 4) is 11.8 Å². The van der Waals surface area contributed by atoms with E-state index in [9.17, 15) is 10.1 Å². The lowest BCUT2D eigenvalue weighted by molar-refractivity contribution is -0.129. The van der Waals surface area contributed by atoms with Gasteiger partial charge in [0.05, 0.1) is 13.2 Å². The minimum Gasteiger partial charge on any atom is -0.497 e. The van der Waals surface area contributed by atoms with Gasteiger partial charge >= 0.3 is 0 Å². The Morgan fingerprint density at radius 1 is 1.35 bits per heavy atom. The fraction of sp³-hybridized carbons (Fsp3) is 0.529. The molecule has 1 atom stereocenters. The Morgan fingerprint density at radius 3 is 2.40 bits per heavy atom. The van der Waals surface area contributed by atoms with Crippen LogP contribution in [-0.2, 0) is 4.79 Å². The maximum atomic E-state index is 12.8. The summed E-state index contributed by atoms with van der Waals surface area (Å²) in [5, 5.41) is 9.44. The average Bonchev–Trinajstić information content (AvgIpc) is 2.98. The van der Waals surface area contributed by atoms with Gasteiger partial charge in [0, 0.05) is 5.41 Å². The van der Waals surface area contributed by atoms with Crippen LogP contribution in [-0.4, -0.2) is 12.9 Å². The Kier molecular flexibility index (Phi) is 4.44. The monoisotopic (exact) mass is 271 g/mol. The van der Waals surface area contributed by atoms with Crippen LogP contribution >= 0.6 is 0 Å². The number of carbonyl (C=O) groups excluding carboxylic acids is 1. The van der Waals surface area contributed by atoms with Crippen LogP contribution in [0, 0.1) is 16.7 Å². The molecular weight excluding hydrogens is 250 g/mol. The van der Waals surface area contributed by atoms with Crippen molar-refractivity contribution in [2.24, 2.45) is 5.41 Å². The number of rotatable bonds is 5. The van der Waals surface area contributed by atoms with Crippen LogP contribution in [0.5, 0.6) is 5.75 Å². The van der Waals surface area contributed by atoms with Gasteiger partial charge in [-0.15, -0.1) is 0 Å². The van der Waals surface area contributed by atoms with Gasteiger partial charge in [-0.1, -0.05) is 31.9 Å². The molecule has 1 aromatic rings. The van der Waals surface area contributed by atoms with E-state index in [4.69, 9.17) is 4.74 Å². The van der Waals surface area contributed by atoms with Crippen LogP contribution in [0.4, 0.5) is 0 Å². The van der Waals surface area contributed by atoms with Gasteiger partial charge < -0.3 is 4.74 Å². The summed E-state index contributed by atoms with van der Waals surface area (Å²) >= 11 is 0. The maximum absolute atomic E-state index is 12.8. The molecule has 2 rings (SSSR count). The molecule has 0 N–H and O–H groups in total. The number of nitriles is 1. The normalized spacial score (nSPS) is 18.2.